The van der Waals surface area contributed by atoms with Crippen LogP contribution in [0.2, 0.25) is 0 Å². The molecule has 1 aromatic rings. The molecule has 2 N–H and O–H groups in total. The number of ether oxygens (including phenoxy) is 1. The summed E-state index contributed by atoms with van der Waals surface area (Å²) in [6.45, 7) is 4.15. The van der Waals surface area contributed by atoms with Crippen LogP contribution in [0.5, 0.6) is 0 Å². The molecule has 23 heavy (non-hydrogen) atoms. The normalized spacial score (nSPS) is 29.3. The fourth-order valence-corrected chi connectivity index (χ4v) is 3.63. The van der Waals surface area contributed by atoms with Crippen LogP contribution in [-0.2, 0) is 16.0 Å². The van der Waals surface area contributed by atoms with Gasteiger partial charge in [0.15, 0.2) is 0 Å². The van der Waals surface area contributed by atoms with Crippen molar-refractivity contribution in [3.8, 4) is 0 Å². The number of benzene rings is 1. The van der Waals surface area contributed by atoms with Crippen molar-refractivity contribution in [1.82, 2.24) is 0 Å². The molecule has 1 heterocycles. The van der Waals surface area contributed by atoms with Crippen LogP contribution in [0.25, 0.3) is 0 Å². The molecule has 3 nitrogen and oxygen atoms in total. The average molecular weight is 321 g/mol. The Hall–Kier alpha value is -1.42. The minimum atomic E-state index is -0.510. The lowest BCUT2D eigenvalue weighted by Gasteiger charge is -2.31. The van der Waals surface area contributed by atoms with Gasteiger partial charge in [-0.1, -0.05) is 38.3 Å². The summed E-state index contributed by atoms with van der Waals surface area (Å²) < 4.78 is 18.8. The van der Waals surface area contributed by atoms with Gasteiger partial charge in [0.1, 0.15) is 18.0 Å². The number of carbonyl (C=O) groups excluding carboxylic acids is 1. The van der Waals surface area contributed by atoms with E-state index in [0.717, 1.165) is 37.7 Å². The average Bonchev–Trinajstić information content (AvgIpc) is 2.56. The topological polar surface area (TPSA) is 52.3 Å². The summed E-state index contributed by atoms with van der Waals surface area (Å²) in [7, 11) is 0. The Kier molecular flexibility index (Phi) is 6.58. The fourth-order valence-electron chi connectivity index (χ4n) is 3.63. The number of carbonyl (C=O) groups is 1. The van der Waals surface area contributed by atoms with Crippen molar-refractivity contribution >= 4 is 5.97 Å². The van der Waals surface area contributed by atoms with Crippen LogP contribution in [0.4, 0.5) is 4.39 Å². The van der Waals surface area contributed by atoms with Gasteiger partial charge in [0, 0.05) is 5.92 Å². The molecule has 0 bridgehead atoms. The molecule has 0 aliphatic carbocycles. The van der Waals surface area contributed by atoms with E-state index in [-0.39, 0.29) is 23.8 Å². The van der Waals surface area contributed by atoms with E-state index in [1.807, 2.05) is 19.1 Å². The van der Waals surface area contributed by atoms with Crippen LogP contribution in [0, 0.1) is 17.7 Å². The SMILES string of the molecule is CCC[C@H]1CCCC(N)C(=O)O[C@@H](C)[C@@H]1Cc1ccc(F)cc1. The molecule has 0 amide bonds. The third kappa shape index (κ3) is 5.03. The number of rotatable bonds is 4. The van der Waals surface area contributed by atoms with Crippen LogP contribution in [-0.4, -0.2) is 18.1 Å². The highest BCUT2D eigenvalue weighted by Gasteiger charge is 2.32. The van der Waals surface area contributed by atoms with Gasteiger partial charge in [0.05, 0.1) is 0 Å². The van der Waals surface area contributed by atoms with Crippen molar-refractivity contribution in [3.63, 3.8) is 0 Å². The van der Waals surface area contributed by atoms with Gasteiger partial charge >= 0.3 is 5.97 Å². The quantitative estimate of drug-likeness (QED) is 0.857. The first-order chi connectivity index (χ1) is 11.0. The third-order valence-electron chi connectivity index (χ3n) is 4.95. The molecule has 1 aromatic carbocycles. The second-order valence-corrected chi connectivity index (χ2v) is 6.72. The molecular weight excluding hydrogens is 293 g/mol. The number of nitrogens with two attached hydrogens (primary N) is 1. The van der Waals surface area contributed by atoms with Crippen molar-refractivity contribution in [1.29, 1.82) is 0 Å². The maximum absolute atomic E-state index is 13.1. The Bertz CT molecular complexity index is 503. The van der Waals surface area contributed by atoms with E-state index in [9.17, 15) is 9.18 Å². The summed E-state index contributed by atoms with van der Waals surface area (Å²) in [4.78, 5) is 12.0. The molecule has 2 rings (SSSR count). The van der Waals surface area contributed by atoms with E-state index >= 15 is 0 Å². The highest BCUT2D eigenvalue weighted by atomic mass is 19.1. The summed E-state index contributed by atoms with van der Waals surface area (Å²) >= 11 is 0. The maximum Gasteiger partial charge on any atom is 0.323 e. The van der Waals surface area contributed by atoms with Gasteiger partial charge in [-0.3, -0.25) is 4.79 Å². The Labute approximate surface area is 138 Å². The van der Waals surface area contributed by atoms with Gasteiger partial charge in [-0.15, -0.1) is 0 Å². The number of cyclic esters (lactones) is 1. The van der Waals surface area contributed by atoms with Gasteiger partial charge in [-0.25, -0.2) is 4.39 Å². The van der Waals surface area contributed by atoms with E-state index in [1.54, 1.807) is 0 Å². The number of halogens is 1. The van der Waals surface area contributed by atoms with Crippen molar-refractivity contribution in [2.75, 3.05) is 0 Å². The number of hydrogen-bond acceptors (Lipinski definition) is 3. The molecule has 1 unspecified atom stereocenters. The Morgan fingerprint density at radius 1 is 1.26 bits per heavy atom. The minimum Gasteiger partial charge on any atom is -0.461 e. The highest BCUT2D eigenvalue weighted by Crippen LogP contribution is 2.32. The van der Waals surface area contributed by atoms with Gasteiger partial charge in [-0.2, -0.15) is 0 Å². The first-order valence-electron chi connectivity index (χ1n) is 8.71. The van der Waals surface area contributed by atoms with E-state index < -0.39 is 6.04 Å². The summed E-state index contributed by atoms with van der Waals surface area (Å²) in [5.74, 6) is 0.227. The lowest BCUT2D eigenvalue weighted by atomic mass is 9.78. The van der Waals surface area contributed by atoms with Crippen LogP contribution < -0.4 is 5.73 Å². The summed E-state index contributed by atoms with van der Waals surface area (Å²) in [6, 6.07) is 6.12. The summed E-state index contributed by atoms with van der Waals surface area (Å²) in [5, 5.41) is 0. The second-order valence-electron chi connectivity index (χ2n) is 6.72. The molecule has 1 aliphatic heterocycles. The highest BCUT2D eigenvalue weighted by molar-refractivity contribution is 5.75. The van der Waals surface area contributed by atoms with Crippen LogP contribution >= 0.6 is 0 Å². The van der Waals surface area contributed by atoms with Crippen molar-refractivity contribution in [2.24, 2.45) is 17.6 Å². The Morgan fingerprint density at radius 3 is 2.61 bits per heavy atom. The monoisotopic (exact) mass is 321 g/mol. The fraction of sp³-hybridized carbons (Fsp3) is 0.632. The zero-order chi connectivity index (χ0) is 16.8. The zero-order valence-electron chi connectivity index (χ0n) is 14.1. The zero-order valence-corrected chi connectivity index (χ0v) is 14.1. The predicted octanol–water partition coefficient (Wildman–Crippen LogP) is 3.84. The first-order valence-corrected chi connectivity index (χ1v) is 8.71. The minimum absolute atomic E-state index is 0.173. The van der Waals surface area contributed by atoms with Gasteiger partial charge in [-0.05, 0) is 49.8 Å². The molecule has 0 radical (unpaired) electrons. The standard InChI is InChI=1S/C19H28FNO2/c1-3-5-15-6-4-7-18(21)19(22)23-13(2)17(15)12-14-8-10-16(20)11-9-14/h8-11,13,15,17-18H,3-7,12,21H2,1-2H3/t13-,15-,17-,18?/m0/s1. The molecule has 0 saturated carbocycles. The van der Waals surface area contributed by atoms with Crippen molar-refractivity contribution < 1.29 is 13.9 Å². The van der Waals surface area contributed by atoms with E-state index in [4.69, 9.17) is 10.5 Å². The van der Waals surface area contributed by atoms with Crippen molar-refractivity contribution in [2.45, 2.75) is 64.5 Å². The first kappa shape index (κ1) is 17.9. The van der Waals surface area contributed by atoms with E-state index in [1.165, 1.54) is 12.1 Å². The lowest BCUT2D eigenvalue weighted by Crippen LogP contribution is -2.37. The van der Waals surface area contributed by atoms with Crippen LogP contribution in [0.1, 0.15) is 51.5 Å². The molecule has 1 aliphatic rings. The molecule has 0 aromatic heterocycles. The molecular formula is C19H28FNO2. The van der Waals surface area contributed by atoms with Gasteiger partial charge in [0.2, 0.25) is 0 Å². The van der Waals surface area contributed by atoms with Gasteiger partial charge < -0.3 is 10.5 Å². The van der Waals surface area contributed by atoms with E-state index in [2.05, 4.69) is 6.92 Å². The maximum atomic E-state index is 13.1. The molecule has 1 fully saturated rings. The molecule has 0 spiro atoms. The smallest absolute Gasteiger partial charge is 0.323 e. The Balaban J connectivity index is 2.19. The summed E-state index contributed by atoms with van der Waals surface area (Å²) in [5.41, 5.74) is 6.98. The largest absolute Gasteiger partial charge is 0.461 e. The second kappa shape index (κ2) is 8.44. The summed E-state index contributed by atoms with van der Waals surface area (Å²) in [6.07, 6.45) is 5.56. The van der Waals surface area contributed by atoms with Crippen LogP contribution in [0.15, 0.2) is 24.3 Å². The molecule has 1 saturated heterocycles. The number of hydrogen-bond donors (Lipinski definition) is 1. The molecule has 4 heteroatoms. The Morgan fingerprint density at radius 2 is 1.96 bits per heavy atom. The van der Waals surface area contributed by atoms with E-state index in [0.29, 0.717) is 12.3 Å². The van der Waals surface area contributed by atoms with Gasteiger partial charge in [0.25, 0.3) is 0 Å². The molecule has 4 atom stereocenters. The predicted molar refractivity (Wildman–Crippen MR) is 89.4 cm³/mol. The van der Waals surface area contributed by atoms with Crippen LogP contribution in [0.3, 0.4) is 0 Å². The lowest BCUT2D eigenvalue weighted by molar-refractivity contribution is -0.153. The van der Waals surface area contributed by atoms with Crippen molar-refractivity contribution in [3.05, 3.63) is 35.6 Å². The number of esters is 1. The third-order valence-corrected chi connectivity index (χ3v) is 4.95. The molecule has 128 valence electrons.